The highest BCUT2D eigenvalue weighted by Gasteiger charge is 2.10. The summed E-state index contributed by atoms with van der Waals surface area (Å²) in [5, 5.41) is 0. The number of rotatable bonds is 4. The van der Waals surface area contributed by atoms with E-state index in [2.05, 4.69) is 13.8 Å². The molecule has 2 nitrogen and oxygen atoms in total. The normalized spacial score (nSPS) is 20.4. The highest BCUT2D eigenvalue weighted by Crippen LogP contribution is 2.10. The van der Waals surface area contributed by atoms with Crippen molar-refractivity contribution in [2.45, 2.75) is 39.3 Å². The van der Waals surface area contributed by atoms with E-state index >= 15 is 0 Å². The molecule has 2 N–H and O–H groups in total. The van der Waals surface area contributed by atoms with Crippen molar-refractivity contribution in [1.82, 2.24) is 0 Å². The molecule has 62 valence electrons. The second-order valence-electron chi connectivity index (χ2n) is 3.12. The molecule has 0 saturated carbocycles. The molecule has 3 heteroatoms. The quantitative estimate of drug-likeness (QED) is 0.591. The van der Waals surface area contributed by atoms with Crippen LogP contribution in [0.4, 0.5) is 0 Å². The molecule has 0 aliphatic carbocycles. The molecule has 0 aromatic heterocycles. The molecule has 0 bridgehead atoms. The minimum absolute atomic E-state index is 0.291. The molecule has 0 amide bonds. The molecular formula is C7H19NOSi. The molecule has 10 heavy (non-hydrogen) atoms. The lowest BCUT2D eigenvalue weighted by atomic mass is 9.98. The van der Waals surface area contributed by atoms with Crippen LogP contribution in [-0.2, 0) is 4.43 Å². The molecule has 0 rings (SSSR count). The molecule has 0 fully saturated rings. The second-order valence-corrected chi connectivity index (χ2v) is 3.59. The predicted octanol–water partition coefficient (Wildman–Crippen LogP) is 0.0453. The fourth-order valence-electron chi connectivity index (χ4n) is 0.834. The SMILES string of the molecule is CC(CC(C)C(C)N)O[SiH3]. The summed E-state index contributed by atoms with van der Waals surface area (Å²) in [7, 11) is 0.833. The summed E-state index contributed by atoms with van der Waals surface area (Å²) in [4.78, 5) is 0. The molecule has 3 atom stereocenters. The van der Waals surface area contributed by atoms with Gasteiger partial charge in [0, 0.05) is 12.1 Å². The molecule has 0 aliphatic rings. The van der Waals surface area contributed by atoms with Gasteiger partial charge in [0.15, 0.2) is 0 Å². The van der Waals surface area contributed by atoms with Crippen molar-refractivity contribution in [1.29, 1.82) is 0 Å². The Labute approximate surface area is 66.7 Å². The first-order valence-electron chi connectivity index (χ1n) is 3.86. The summed E-state index contributed by atoms with van der Waals surface area (Å²) in [5.41, 5.74) is 5.69. The molecule has 0 saturated heterocycles. The average Bonchev–Trinajstić information content (AvgIpc) is 1.87. The zero-order valence-electron chi connectivity index (χ0n) is 7.42. The minimum atomic E-state index is 0.291. The molecular weight excluding hydrogens is 142 g/mol. The predicted molar refractivity (Wildman–Crippen MR) is 47.9 cm³/mol. The lowest BCUT2D eigenvalue weighted by Gasteiger charge is -2.19. The van der Waals surface area contributed by atoms with Crippen molar-refractivity contribution in [2.24, 2.45) is 11.7 Å². The van der Waals surface area contributed by atoms with Gasteiger partial charge < -0.3 is 10.2 Å². The van der Waals surface area contributed by atoms with E-state index in [1.807, 2.05) is 6.92 Å². The Morgan fingerprint density at radius 2 is 1.90 bits per heavy atom. The first-order valence-corrected chi connectivity index (χ1v) is 4.68. The van der Waals surface area contributed by atoms with E-state index in [9.17, 15) is 0 Å². The summed E-state index contributed by atoms with van der Waals surface area (Å²) in [6.45, 7) is 6.32. The molecule has 0 aromatic carbocycles. The summed E-state index contributed by atoms with van der Waals surface area (Å²) >= 11 is 0. The average molecular weight is 161 g/mol. The second kappa shape index (κ2) is 4.88. The van der Waals surface area contributed by atoms with E-state index in [0.717, 1.165) is 16.9 Å². The Balaban J connectivity index is 3.46. The van der Waals surface area contributed by atoms with Crippen molar-refractivity contribution in [3.63, 3.8) is 0 Å². The van der Waals surface area contributed by atoms with Gasteiger partial charge >= 0.3 is 0 Å². The summed E-state index contributed by atoms with van der Waals surface area (Å²) in [5.74, 6) is 0.573. The Kier molecular flexibility index (Phi) is 4.94. The van der Waals surface area contributed by atoms with E-state index < -0.39 is 0 Å². The smallest absolute Gasteiger partial charge is 0.146 e. The van der Waals surface area contributed by atoms with Crippen LogP contribution < -0.4 is 5.73 Å². The zero-order chi connectivity index (χ0) is 8.15. The van der Waals surface area contributed by atoms with Gasteiger partial charge in [0.25, 0.3) is 0 Å². The van der Waals surface area contributed by atoms with E-state index in [4.69, 9.17) is 10.2 Å². The number of nitrogens with two attached hydrogens (primary N) is 1. The molecule has 3 unspecified atom stereocenters. The van der Waals surface area contributed by atoms with Crippen LogP contribution in [0.25, 0.3) is 0 Å². The van der Waals surface area contributed by atoms with Crippen LogP contribution in [0, 0.1) is 5.92 Å². The molecule has 0 radical (unpaired) electrons. The fourth-order valence-corrected chi connectivity index (χ4v) is 1.03. The first-order chi connectivity index (χ1) is 4.57. The maximum atomic E-state index is 5.69. The van der Waals surface area contributed by atoms with Crippen molar-refractivity contribution >= 4 is 10.5 Å². The largest absolute Gasteiger partial charge is 0.425 e. The minimum Gasteiger partial charge on any atom is -0.425 e. The topological polar surface area (TPSA) is 35.2 Å². The third-order valence-corrected chi connectivity index (χ3v) is 2.81. The van der Waals surface area contributed by atoms with Gasteiger partial charge in [-0.1, -0.05) is 6.92 Å². The first kappa shape index (κ1) is 10.1. The van der Waals surface area contributed by atoms with Gasteiger partial charge in [-0.15, -0.1) is 0 Å². The highest BCUT2D eigenvalue weighted by atomic mass is 28.2. The molecule has 0 spiro atoms. The van der Waals surface area contributed by atoms with E-state index in [1.165, 1.54) is 0 Å². The highest BCUT2D eigenvalue weighted by molar-refractivity contribution is 5.98. The van der Waals surface area contributed by atoms with Gasteiger partial charge in [-0.3, -0.25) is 0 Å². The van der Waals surface area contributed by atoms with Gasteiger partial charge in [-0.2, -0.15) is 0 Å². The summed E-state index contributed by atoms with van der Waals surface area (Å²) in [6, 6.07) is 0.291. The molecule has 0 heterocycles. The third kappa shape index (κ3) is 4.03. The molecule has 0 aromatic rings. The van der Waals surface area contributed by atoms with E-state index in [0.29, 0.717) is 18.1 Å². The van der Waals surface area contributed by atoms with Crippen LogP contribution >= 0.6 is 0 Å². The van der Waals surface area contributed by atoms with Gasteiger partial charge in [0.2, 0.25) is 0 Å². The fraction of sp³-hybridized carbons (Fsp3) is 1.00. The lowest BCUT2D eigenvalue weighted by Crippen LogP contribution is -2.27. The number of hydrogen-bond donors (Lipinski definition) is 1. The van der Waals surface area contributed by atoms with Gasteiger partial charge in [-0.05, 0) is 26.2 Å². The van der Waals surface area contributed by atoms with Crippen molar-refractivity contribution in [2.75, 3.05) is 0 Å². The molecule has 0 aliphatic heterocycles. The van der Waals surface area contributed by atoms with Crippen LogP contribution in [0.15, 0.2) is 0 Å². The van der Waals surface area contributed by atoms with Gasteiger partial charge in [-0.25, -0.2) is 0 Å². The Hall–Kier alpha value is 0.137. The van der Waals surface area contributed by atoms with Crippen LogP contribution in [0.3, 0.4) is 0 Å². The summed E-state index contributed by atoms with van der Waals surface area (Å²) < 4.78 is 5.25. The standard InChI is InChI=1S/C7H19NOSi/c1-5(7(3)8)4-6(2)9-10/h5-7H,4,8H2,1-3,10H3. The number of hydrogen-bond acceptors (Lipinski definition) is 2. The van der Waals surface area contributed by atoms with Crippen LogP contribution in [0.2, 0.25) is 0 Å². The van der Waals surface area contributed by atoms with Crippen molar-refractivity contribution < 1.29 is 4.43 Å². The van der Waals surface area contributed by atoms with Crippen LogP contribution in [-0.4, -0.2) is 22.6 Å². The lowest BCUT2D eigenvalue weighted by molar-refractivity contribution is 0.199. The zero-order valence-corrected chi connectivity index (χ0v) is 9.42. The van der Waals surface area contributed by atoms with E-state index in [1.54, 1.807) is 0 Å². The van der Waals surface area contributed by atoms with Gasteiger partial charge in [0.1, 0.15) is 10.5 Å². The van der Waals surface area contributed by atoms with E-state index in [-0.39, 0.29) is 0 Å². The Morgan fingerprint density at radius 1 is 1.40 bits per heavy atom. The van der Waals surface area contributed by atoms with Crippen LogP contribution in [0.5, 0.6) is 0 Å². The summed E-state index contributed by atoms with van der Waals surface area (Å²) in [6.07, 6.45) is 1.48. The Bertz CT molecular complexity index is 87.7. The maximum absolute atomic E-state index is 5.69. The monoisotopic (exact) mass is 161 g/mol. The van der Waals surface area contributed by atoms with Gasteiger partial charge in [0.05, 0.1) is 0 Å². The van der Waals surface area contributed by atoms with Crippen molar-refractivity contribution in [3.05, 3.63) is 0 Å². The Morgan fingerprint density at radius 3 is 2.20 bits per heavy atom. The van der Waals surface area contributed by atoms with Crippen LogP contribution in [0.1, 0.15) is 27.2 Å². The third-order valence-electron chi connectivity index (χ3n) is 2.00. The maximum Gasteiger partial charge on any atom is 0.146 e. The van der Waals surface area contributed by atoms with Crippen molar-refractivity contribution in [3.8, 4) is 0 Å².